The summed E-state index contributed by atoms with van der Waals surface area (Å²) in [7, 11) is -8.99. The van der Waals surface area contributed by atoms with Gasteiger partial charge in [-0.25, -0.2) is 9.13 Å². The van der Waals surface area contributed by atoms with E-state index >= 15 is 0 Å². The number of nitrogens with two attached hydrogens (primary N) is 1. The molecule has 1 atom stereocenters. The maximum atomic E-state index is 10.3. The number of rotatable bonds is 8. The van der Waals surface area contributed by atoms with E-state index in [1.165, 1.54) is 0 Å². The monoisotopic (exact) mass is 279 g/mol. The van der Waals surface area contributed by atoms with Crippen LogP contribution in [-0.2, 0) is 18.2 Å². The lowest BCUT2D eigenvalue weighted by Crippen LogP contribution is -2.25. The van der Waals surface area contributed by atoms with Gasteiger partial charge in [0.05, 0.1) is 13.2 Å². The third-order valence-corrected chi connectivity index (χ3v) is 2.44. The molecule has 0 saturated heterocycles. The third-order valence-electron chi connectivity index (χ3n) is 1.44. The minimum absolute atomic E-state index is 0.187. The highest BCUT2D eigenvalue weighted by Gasteiger charge is 2.17. The fourth-order valence-corrected chi connectivity index (χ4v) is 1.56. The molecule has 0 aromatic rings. The first-order valence-electron chi connectivity index (χ1n) is 4.26. The van der Waals surface area contributed by atoms with Crippen LogP contribution in [0.5, 0.6) is 0 Å². The highest BCUT2D eigenvalue weighted by molar-refractivity contribution is 7.46. The van der Waals surface area contributed by atoms with Gasteiger partial charge in [0.25, 0.3) is 0 Å². The van der Waals surface area contributed by atoms with Crippen LogP contribution in [0.1, 0.15) is 12.8 Å². The molecule has 98 valence electrons. The molecule has 6 N–H and O–H groups in total. The van der Waals surface area contributed by atoms with Crippen LogP contribution in [0, 0.1) is 0 Å². The van der Waals surface area contributed by atoms with E-state index in [4.69, 9.17) is 25.3 Å². The molecule has 0 radical (unpaired) electrons. The van der Waals surface area contributed by atoms with Crippen molar-refractivity contribution in [2.75, 3.05) is 13.2 Å². The van der Waals surface area contributed by atoms with Crippen LogP contribution in [0.2, 0.25) is 0 Å². The maximum absolute atomic E-state index is 10.3. The second-order valence-electron chi connectivity index (χ2n) is 3.01. The molecule has 0 aliphatic rings. The van der Waals surface area contributed by atoms with Crippen molar-refractivity contribution in [1.82, 2.24) is 0 Å². The Morgan fingerprint density at radius 1 is 1.06 bits per heavy atom. The first-order chi connectivity index (χ1) is 7.10. The molecule has 0 unspecified atom stereocenters. The zero-order chi connectivity index (χ0) is 12.8. The van der Waals surface area contributed by atoms with Gasteiger partial charge >= 0.3 is 15.6 Å². The fraction of sp³-hybridized carbons (Fsp3) is 1.00. The molecule has 0 aliphatic carbocycles. The topological polar surface area (TPSA) is 160 Å². The van der Waals surface area contributed by atoms with E-state index in [0.717, 1.165) is 0 Å². The fourth-order valence-electron chi connectivity index (χ4n) is 0.805. The maximum Gasteiger partial charge on any atom is 0.469 e. The van der Waals surface area contributed by atoms with Gasteiger partial charge in [0.15, 0.2) is 0 Å². The lowest BCUT2D eigenvalue weighted by atomic mass is 10.2. The number of hydrogen-bond acceptors (Lipinski definition) is 5. The quantitative estimate of drug-likeness (QED) is 0.286. The zero-order valence-corrected chi connectivity index (χ0v) is 10.1. The summed E-state index contributed by atoms with van der Waals surface area (Å²) in [6.07, 6.45) is 0.511. The summed E-state index contributed by atoms with van der Waals surface area (Å²) in [5, 5.41) is 0. The number of phosphoric acid groups is 2. The van der Waals surface area contributed by atoms with E-state index in [1.807, 2.05) is 0 Å². The highest BCUT2D eigenvalue weighted by atomic mass is 31.2. The number of phosphoric ester groups is 2. The third kappa shape index (κ3) is 12.3. The van der Waals surface area contributed by atoms with Crippen molar-refractivity contribution in [3.63, 3.8) is 0 Å². The van der Waals surface area contributed by atoms with Gasteiger partial charge in [0, 0.05) is 6.04 Å². The standard InChI is InChI=1S/C5H15NO8P2/c6-5(4-14-16(10,11)12)2-1-3-13-15(7,8)9/h5H,1-4,6H2,(H2,7,8,9)(H2,10,11,12)/t5-/m0/s1. The Hall–Kier alpha value is 0.180. The molecule has 16 heavy (non-hydrogen) atoms. The molecule has 0 rings (SSSR count). The molecule has 0 heterocycles. The van der Waals surface area contributed by atoms with E-state index in [-0.39, 0.29) is 26.1 Å². The SMILES string of the molecule is N[C@@H](CCCOP(=O)(O)O)COP(=O)(O)O. The second kappa shape index (κ2) is 6.80. The summed E-state index contributed by atoms with van der Waals surface area (Å²) >= 11 is 0. The van der Waals surface area contributed by atoms with Crippen LogP contribution in [0.4, 0.5) is 0 Å². The minimum atomic E-state index is -4.52. The van der Waals surface area contributed by atoms with Crippen molar-refractivity contribution in [2.45, 2.75) is 18.9 Å². The molecule has 0 aromatic carbocycles. The molecular formula is C5H15NO8P2. The largest absolute Gasteiger partial charge is 0.469 e. The van der Waals surface area contributed by atoms with Gasteiger partial charge in [-0.2, -0.15) is 0 Å². The summed E-state index contributed by atoms with van der Waals surface area (Å²) in [4.78, 5) is 33.3. The molecular weight excluding hydrogens is 264 g/mol. The van der Waals surface area contributed by atoms with Crippen LogP contribution in [-0.4, -0.2) is 38.8 Å². The van der Waals surface area contributed by atoms with Crippen LogP contribution in [0.15, 0.2) is 0 Å². The predicted molar refractivity (Wildman–Crippen MR) is 53.2 cm³/mol. The van der Waals surface area contributed by atoms with Crippen LogP contribution >= 0.6 is 15.6 Å². The van der Waals surface area contributed by atoms with Gasteiger partial charge in [-0.05, 0) is 12.8 Å². The molecule has 0 fully saturated rings. The first-order valence-corrected chi connectivity index (χ1v) is 7.32. The van der Waals surface area contributed by atoms with Crippen molar-refractivity contribution < 1.29 is 37.8 Å². The van der Waals surface area contributed by atoms with Gasteiger partial charge in [-0.1, -0.05) is 0 Å². The Balaban J connectivity index is 3.56. The zero-order valence-electron chi connectivity index (χ0n) is 8.30. The van der Waals surface area contributed by atoms with Gasteiger partial charge in [0.2, 0.25) is 0 Å². The lowest BCUT2D eigenvalue weighted by molar-refractivity contribution is 0.174. The Labute approximate surface area is 92.0 Å². The van der Waals surface area contributed by atoms with Crippen molar-refractivity contribution >= 4 is 15.6 Å². The molecule has 0 spiro atoms. The van der Waals surface area contributed by atoms with Gasteiger partial charge in [-0.15, -0.1) is 0 Å². The molecule has 11 heteroatoms. The summed E-state index contributed by atoms with van der Waals surface area (Å²) in [6, 6.07) is -0.631. The van der Waals surface area contributed by atoms with Crippen molar-refractivity contribution in [3.8, 4) is 0 Å². The van der Waals surface area contributed by atoms with E-state index in [2.05, 4.69) is 9.05 Å². The van der Waals surface area contributed by atoms with E-state index < -0.39 is 21.7 Å². The average Bonchev–Trinajstić information content (AvgIpc) is 2.06. The molecule has 0 saturated carbocycles. The van der Waals surface area contributed by atoms with Gasteiger partial charge < -0.3 is 25.3 Å². The van der Waals surface area contributed by atoms with Crippen LogP contribution in [0.3, 0.4) is 0 Å². The lowest BCUT2D eigenvalue weighted by Gasteiger charge is -2.12. The van der Waals surface area contributed by atoms with Crippen molar-refractivity contribution in [2.24, 2.45) is 5.73 Å². The Kier molecular flexibility index (Phi) is 6.88. The average molecular weight is 279 g/mol. The van der Waals surface area contributed by atoms with Crippen molar-refractivity contribution in [3.05, 3.63) is 0 Å². The Morgan fingerprint density at radius 2 is 1.56 bits per heavy atom. The smallest absolute Gasteiger partial charge is 0.326 e. The Morgan fingerprint density at radius 3 is 2.00 bits per heavy atom. The van der Waals surface area contributed by atoms with Crippen LogP contribution in [0.25, 0.3) is 0 Å². The summed E-state index contributed by atoms with van der Waals surface area (Å²) in [6.45, 7) is -0.520. The second-order valence-corrected chi connectivity index (χ2v) is 5.49. The molecule has 9 nitrogen and oxygen atoms in total. The molecule has 0 aromatic heterocycles. The normalized spacial score (nSPS) is 15.1. The van der Waals surface area contributed by atoms with E-state index in [0.29, 0.717) is 0 Å². The van der Waals surface area contributed by atoms with Crippen LogP contribution < -0.4 is 5.73 Å². The summed E-state index contributed by atoms with van der Waals surface area (Å²) in [5.74, 6) is 0. The summed E-state index contributed by atoms with van der Waals surface area (Å²) in [5.41, 5.74) is 5.41. The van der Waals surface area contributed by atoms with E-state index in [9.17, 15) is 9.13 Å². The number of hydrogen-bond donors (Lipinski definition) is 5. The predicted octanol–water partition coefficient (Wildman–Crippen LogP) is -0.688. The Bertz CT molecular complexity index is 284. The molecule has 0 bridgehead atoms. The first kappa shape index (κ1) is 16.2. The van der Waals surface area contributed by atoms with E-state index in [1.54, 1.807) is 0 Å². The van der Waals surface area contributed by atoms with Gasteiger partial charge in [-0.3, -0.25) is 9.05 Å². The molecule has 0 aliphatic heterocycles. The molecule has 0 amide bonds. The summed E-state index contributed by atoms with van der Waals surface area (Å²) < 4.78 is 28.8. The highest BCUT2D eigenvalue weighted by Crippen LogP contribution is 2.36. The minimum Gasteiger partial charge on any atom is -0.326 e. The van der Waals surface area contributed by atoms with Crippen molar-refractivity contribution in [1.29, 1.82) is 0 Å². The van der Waals surface area contributed by atoms with Gasteiger partial charge in [0.1, 0.15) is 0 Å².